The lowest BCUT2D eigenvalue weighted by Crippen LogP contribution is -2.34. The summed E-state index contributed by atoms with van der Waals surface area (Å²) in [6.07, 6.45) is 2.44. The minimum atomic E-state index is -4.34. The minimum absolute atomic E-state index is 0.0472. The van der Waals surface area contributed by atoms with E-state index in [0.717, 1.165) is 26.4 Å². The Morgan fingerprint density at radius 2 is 2.05 bits per heavy atom. The van der Waals surface area contributed by atoms with Gasteiger partial charge in [0, 0.05) is 23.7 Å². The number of nitrogens with two attached hydrogens (primary N) is 1. The van der Waals surface area contributed by atoms with Crippen LogP contribution in [0.4, 0.5) is 18.9 Å². The monoisotopic (exact) mass is 336 g/mol. The van der Waals surface area contributed by atoms with Crippen molar-refractivity contribution in [1.29, 1.82) is 0 Å². The van der Waals surface area contributed by atoms with E-state index in [1.54, 1.807) is 6.07 Å². The van der Waals surface area contributed by atoms with E-state index < -0.39 is 5.51 Å². The smallest absolute Gasteiger partial charge is 0.400 e. The minimum Gasteiger partial charge on any atom is -0.400 e. The molecule has 2 unspecified atom stereocenters. The van der Waals surface area contributed by atoms with E-state index in [2.05, 4.69) is 5.32 Å². The summed E-state index contributed by atoms with van der Waals surface area (Å²) in [6, 6.07) is 5.56. The van der Waals surface area contributed by atoms with Gasteiger partial charge >= 0.3 is 5.51 Å². The van der Waals surface area contributed by atoms with Crippen LogP contribution in [0.25, 0.3) is 0 Å². The fourth-order valence-corrected chi connectivity index (χ4v) is 2.92. The molecule has 1 aliphatic rings. The molecule has 1 aliphatic carbocycles. The Kier molecular flexibility index (Phi) is 7.18. The lowest BCUT2D eigenvalue weighted by Gasteiger charge is -2.15. The maximum Gasteiger partial charge on any atom is 0.446 e. The van der Waals surface area contributed by atoms with Crippen molar-refractivity contribution in [2.75, 3.05) is 12.4 Å². The molecule has 0 spiro atoms. The quantitative estimate of drug-likeness (QED) is 0.742. The summed E-state index contributed by atoms with van der Waals surface area (Å²) in [5.74, 6) is -0.474. The summed E-state index contributed by atoms with van der Waals surface area (Å²) in [5.41, 5.74) is 1.86. The summed E-state index contributed by atoms with van der Waals surface area (Å²) >= 11 is -0.201. The molecule has 4 N–H and O–H groups in total. The summed E-state index contributed by atoms with van der Waals surface area (Å²) in [4.78, 5) is 12.0. The van der Waals surface area contributed by atoms with Gasteiger partial charge in [0.25, 0.3) is 0 Å². The van der Waals surface area contributed by atoms with Gasteiger partial charge in [-0.15, -0.1) is 0 Å². The number of aliphatic hydroxyl groups excluding tert-OH is 1. The number of halogens is 3. The van der Waals surface area contributed by atoms with Gasteiger partial charge in [0.1, 0.15) is 0 Å². The van der Waals surface area contributed by atoms with E-state index in [1.165, 1.54) is 18.2 Å². The lowest BCUT2D eigenvalue weighted by molar-refractivity contribution is -0.120. The number of carbonyl (C=O) groups excluding carboxylic acids is 1. The zero-order chi connectivity index (χ0) is 16.8. The van der Waals surface area contributed by atoms with Crippen molar-refractivity contribution in [1.82, 2.24) is 0 Å². The first-order valence-corrected chi connectivity index (χ1v) is 7.54. The van der Waals surface area contributed by atoms with E-state index in [4.69, 9.17) is 10.8 Å². The van der Waals surface area contributed by atoms with E-state index in [1.807, 2.05) is 0 Å². The molecule has 1 saturated carbocycles. The van der Waals surface area contributed by atoms with Crippen LogP contribution in [0.2, 0.25) is 0 Å². The molecule has 0 bridgehead atoms. The maximum absolute atomic E-state index is 12.3. The molecule has 2 atom stereocenters. The Morgan fingerprint density at radius 1 is 1.36 bits per heavy atom. The van der Waals surface area contributed by atoms with E-state index >= 15 is 0 Å². The van der Waals surface area contributed by atoms with Crippen molar-refractivity contribution in [3.05, 3.63) is 24.3 Å². The summed E-state index contributed by atoms with van der Waals surface area (Å²) in [7, 11) is 1.00. The largest absolute Gasteiger partial charge is 0.446 e. The summed E-state index contributed by atoms with van der Waals surface area (Å²) in [5, 5.41) is 9.64. The number of thioether (sulfide) groups is 1. The SMILES string of the molecule is CO.NC1CCCC1C(=O)Nc1cccc(SC(F)(F)F)c1. The molecule has 1 aromatic carbocycles. The number of carbonyl (C=O) groups is 1. The Bertz CT molecular complexity index is 497. The number of nitrogens with one attached hydrogen (secondary N) is 1. The molecule has 0 radical (unpaired) electrons. The van der Waals surface area contributed by atoms with Crippen LogP contribution in [0.15, 0.2) is 29.2 Å². The van der Waals surface area contributed by atoms with Crippen molar-refractivity contribution >= 4 is 23.4 Å². The van der Waals surface area contributed by atoms with Crippen LogP contribution < -0.4 is 11.1 Å². The van der Waals surface area contributed by atoms with Crippen molar-refractivity contribution in [2.24, 2.45) is 11.7 Å². The highest BCUT2D eigenvalue weighted by Gasteiger charge is 2.31. The van der Waals surface area contributed by atoms with Crippen molar-refractivity contribution < 1.29 is 23.1 Å². The van der Waals surface area contributed by atoms with Crippen LogP contribution in [-0.4, -0.2) is 29.7 Å². The van der Waals surface area contributed by atoms with Gasteiger partial charge < -0.3 is 16.2 Å². The molecule has 124 valence electrons. The molecule has 0 heterocycles. The highest BCUT2D eigenvalue weighted by molar-refractivity contribution is 8.00. The van der Waals surface area contributed by atoms with Crippen LogP contribution in [-0.2, 0) is 4.79 Å². The zero-order valence-corrected chi connectivity index (χ0v) is 12.9. The molecule has 8 heteroatoms. The number of hydrogen-bond donors (Lipinski definition) is 3. The second-order valence-electron chi connectivity index (χ2n) is 4.77. The zero-order valence-electron chi connectivity index (χ0n) is 12.1. The topological polar surface area (TPSA) is 75.3 Å². The third kappa shape index (κ3) is 5.86. The van der Waals surface area contributed by atoms with Gasteiger partial charge in [-0.25, -0.2) is 0 Å². The molecule has 1 fully saturated rings. The third-order valence-corrected chi connectivity index (χ3v) is 3.96. The number of hydrogen-bond acceptors (Lipinski definition) is 4. The number of aliphatic hydroxyl groups is 1. The Labute approximate surface area is 131 Å². The molecule has 1 aromatic rings. The van der Waals surface area contributed by atoms with Crippen LogP contribution >= 0.6 is 11.8 Å². The Morgan fingerprint density at radius 3 is 2.59 bits per heavy atom. The fourth-order valence-electron chi connectivity index (χ4n) is 2.32. The Balaban J connectivity index is 0.00000116. The third-order valence-electron chi connectivity index (χ3n) is 3.24. The van der Waals surface area contributed by atoms with Gasteiger partial charge in [-0.2, -0.15) is 13.2 Å². The van der Waals surface area contributed by atoms with Crippen molar-refractivity contribution in [2.45, 2.75) is 35.7 Å². The summed E-state index contributed by atoms with van der Waals surface area (Å²) in [6.45, 7) is 0. The second-order valence-corrected chi connectivity index (χ2v) is 5.90. The lowest BCUT2D eigenvalue weighted by atomic mass is 10.0. The van der Waals surface area contributed by atoms with E-state index in [0.29, 0.717) is 5.69 Å². The number of benzene rings is 1. The first-order chi connectivity index (χ1) is 10.3. The standard InChI is InChI=1S/C13H15F3N2OS.CH4O/c14-13(15,16)20-9-4-1-3-8(7-9)18-12(19)10-5-2-6-11(10)17;1-2/h1,3-4,7,10-11H,2,5-6,17H2,(H,18,19);2H,1H3. The number of amides is 1. The average Bonchev–Trinajstić information content (AvgIpc) is 2.86. The van der Waals surface area contributed by atoms with Crippen LogP contribution in [0, 0.1) is 5.92 Å². The molecule has 2 rings (SSSR count). The normalized spacial score (nSPS) is 21.0. The van der Waals surface area contributed by atoms with Gasteiger partial charge in [0.15, 0.2) is 0 Å². The fraction of sp³-hybridized carbons (Fsp3) is 0.500. The number of rotatable bonds is 3. The van der Waals surface area contributed by atoms with Crippen LogP contribution in [0.5, 0.6) is 0 Å². The highest BCUT2D eigenvalue weighted by Crippen LogP contribution is 2.37. The van der Waals surface area contributed by atoms with Gasteiger partial charge in [0.05, 0.1) is 5.92 Å². The van der Waals surface area contributed by atoms with Gasteiger partial charge in [-0.05, 0) is 42.8 Å². The molecular weight excluding hydrogens is 317 g/mol. The molecule has 0 aromatic heterocycles. The highest BCUT2D eigenvalue weighted by atomic mass is 32.2. The molecule has 0 saturated heterocycles. The van der Waals surface area contributed by atoms with Crippen LogP contribution in [0.1, 0.15) is 19.3 Å². The van der Waals surface area contributed by atoms with E-state index in [-0.39, 0.29) is 34.5 Å². The van der Waals surface area contributed by atoms with Gasteiger partial charge in [0.2, 0.25) is 5.91 Å². The number of anilines is 1. The predicted octanol–water partition coefficient (Wildman–Crippen LogP) is 2.97. The maximum atomic E-state index is 12.3. The van der Waals surface area contributed by atoms with Gasteiger partial charge in [-0.3, -0.25) is 4.79 Å². The van der Waals surface area contributed by atoms with E-state index in [9.17, 15) is 18.0 Å². The van der Waals surface area contributed by atoms with Crippen LogP contribution in [0.3, 0.4) is 0 Å². The first kappa shape index (κ1) is 18.8. The predicted molar refractivity (Wildman–Crippen MR) is 80.4 cm³/mol. The molecule has 22 heavy (non-hydrogen) atoms. The molecule has 1 amide bonds. The summed E-state index contributed by atoms with van der Waals surface area (Å²) < 4.78 is 36.9. The Hall–Kier alpha value is -1.25. The van der Waals surface area contributed by atoms with Gasteiger partial charge in [-0.1, -0.05) is 12.5 Å². The average molecular weight is 336 g/mol. The first-order valence-electron chi connectivity index (χ1n) is 6.72. The molecule has 4 nitrogen and oxygen atoms in total. The van der Waals surface area contributed by atoms with Crippen molar-refractivity contribution in [3.63, 3.8) is 0 Å². The number of alkyl halides is 3. The molecule has 0 aliphatic heterocycles. The van der Waals surface area contributed by atoms with Crippen molar-refractivity contribution in [3.8, 4) is 0 Å². The molecular formula is C14H19F3N2O2S. The second kappa shape index (κ2) is 8.40.